The first kappa shape index (κ1) is 17.7. The molecule has 0 fully saturated rings. The molecule has 0 aromatic heterocycles. The molecular formula is C19H23NO4. The van der Waals surface area contributed by atoms with E-state index < -0.39 is 0 Å². The van der Waals surface area contributed by atoms with Gasteiger partial charge in [-0.3, -0.25) is 4.79 Å². The Hall–Kier alpha value is -2.69. The molecule has 0 saturated carbocycles. The molecule has 0 unspecified atom stereocenters. The Morgan fingerprint density at radius 2 is 1.67 bits per heavy atom. The van der Waals surface area contributed by atoms with Crippen LogP contribution in [-0.2, 0) is 0 Å². The van der Waals surface area contributed by atoms with E-state index in [1.165, 1.54) is 0 Å². The zero-order chi connectivity index (χ0) is 17.2. The fourth-order valence-corrected chi connectivity index (χ4v) is 2.05. The summed E-state index contributed by atoms with van der Waals surface area (Å²) in [5.41, 5.74) is 0.597. The summed E-state index contributed by atoms with van der Waals surface area (Å²) in [4.78, 5) is 12.1. The summed E-state index contributed by atoms with van der Waals surface area (Å²) < 4.78 is 16.2. The second-order valence-electron chi connectivity index (χ2n) is 5.16. The lowest BCUT2D eigenvalue weighted by atomic mass is 10.2. The SMILES string of the molecule is CCCOc1ccc(C(=O)NCCOc2cccc(OC)c2)cc1. The van der Waals surface area contributed by atoms with E-state index in [0.717, 1.165) is 17.9 Å². The summed E-state index contributed by atoms with van der Waals surface area (Å²) >= 11 is 0. The number of hydrogen-bond donors (Lipinski definition) is 1. The molecule has 0 atom stereocenters. The first-order valence-corrected chi connectivity index (χ1v) is 8.01. The van der Waals surface area contributed by atoms with Crippen LogP contribution in [0.5, 0.6) is 17.2 Å². The van der Waals surface area contributed by atoms with Crippen molar-refractivity contribution in [3.8, 4) is 17.2 Å². The fraction of sp³-hybridized carbons (Fsp3) is 0.316. The maximum absolute atomic E-state index is 12.1. The van der Waals surface area contributed by atoms with Crippen molar-refractivity contribution in [3.63, 3.8) is 0 Å². The number of ether oxygens (including phenoxy) is 3. The van der Waals surface area contributed by atoms with Crippen molar-refractivity contribution in [2.75, 3.05) is 26.9 Å². The monoisotopic (exact) mass is 329 g/mol. The van der Waals surface area contributed by atoms with Crippen LogP contribution in [0.4, 0.5) is 0 Å². The van der Waals surface area contributed by atoms with Gasteiger partial charge in [-0.25, -0.2) is 0 Å². The molecule has 2 aromatic rings. The highest BCUT2D eigenvalue weighted by atomic mass is 16.5. The molecule has 5 nitrogen and oxygen atoms in total. The molecule has 2 aromatic carbocycles. The number of hydrogen-bond acceptors (Lipinski definition) is 4. The van der Waals surface area contributed by atoms with Gasteiger partial charge < -0.3 is 19.5 Å². The molecule has 1 amide bonds. The van der Waals surface area contributed by atoms with Crippen LogP contribution in [0.25, 0.3) is 0 Å². The number of carbonyl (C=O) groups excluding carboxylic acids is 1. The Morgan fingerprint density at radius 3 is 2.38 bits per heavy atom. The Labute approximate surface area is 142 Å². The number of amides is 1. The molecule has 0 radical (unpaired) electrons. The van der Waals surface area contributed by atoms with E-state index in [0.29, 0.717) is 31.1 Å². The minimum atomic E-state index is -0.133. The van der Waals surface area contributed by atoms with Gasteiger partial charge in [-0.2, -0.15) is 0 Å². The lowest BCUT2D eigenvalue weighted by Crippen LogP contribution is -2.28. The maximum Gasteiger partial charge on any atom is 0.251 e. The molecule has 0 saturated heterocycles. The van der Waals surface area contributed by atoms with Crippen LogP contribution in [0, 0.1) is 0 Å². The van der Waals surface area contributed by atoms with E-state index in [-0.39, 0.29) is 5.91 Å². The smallest absolute Gasteiger partial charge is 0.251 e. The van der Waals surface area contributed by atoms with Gasteiger partial charge in [0.1, 0.15) is 23.9 Å². The summed E-state index contributed by atoms with van der Waals surface area (Å²) in [6.45, 7) is 3.53. The van der Waals surface area contributed by atoms with Crippen molar-refractivity contribution in [2.45, 2.75) is 13.3 Å². The normalized spacial score (nSPS) is 10.1. The quantitative estimate of drug-likeness (QED) is 0.717. The van der Waals surface area contributed by atoms with Gasteiger partial charge in [-0.05, 0) is 42.8 Å². The van der Waals surface area contributed by atoms with Crippen molar-refractivity contribution >= 4 is 5.91 Å². The topological polar surface area (TPSA) is 56.8 Å². The van der Waals surface area contributed by atoms with Crippen LogP contribution in [0.2, 0.25) is 0 Å². The molecule has 5 heteroatoms. The molecule has 2 rings (SSSR count). The third kappa shape index (κ3) is 5.50. The van der Waals surface area contributed by atoms with E-state index in [2.05, 4.69) is 12.2 Å². The van der Waals surface area contributed by atoms with Gasteiger partial charge >= 0.3 is 0 Å². The van der Waals surface area contributed by atoms with Crippen LogP contribution in [0.3, 0.4) is 0 Å². The van der Waals surface area contributed by atoms with Crippen LogP contribution in [0.1, 0.15) is 23.7 Å². The Kier molecular flexibility index (Phi) is 6.95. The van der Waals surface area contributed by atoms with Crippen LogP contribution < -0.4 is 19.5 Å². The molecular weight excluding hydrogens is 306 g/mol. The summed E-state index contributed by atoms with van der Waals surface area (Å²) in [6, 6.07) is 14.5. The molecule has 0 aliphatic carbocycles. The third-order valence-corrected chi connectivity index (χ3v) is 3.29. The number of methoxy groups -OCH3 is 1. The van der Waals surface area contributed by atoms with Crippen molar-refractivity contribution in [1.29, 1.82) is 0 Å². The Balaban J connectivity index is 1.74. The van der Waals surface area contributed by atoms with Gasteiger partial charge in [0, 0.05) is 11.6 Å². The predicted octanol–water partition coefficient (Wildman–Crippen LogP) is 3.29. The summed E-state index contributed by atoms with van der Waals surface area (Å²) in [5, 5.41) is 2.82. The summed E-state index contributed by atoms with van der Waals surface area (Å²) in [7, 11) is 1.61. The lowest BCUT2D eigenvalue weighted by molar-refractivity contribution is 0.0947. The second kappa shape index (κ2) is 9.45. The first-order chi connectivity index (χ1) is 11.7. The standard InChI is InChI=1S/C19H23NO4/c1-3-12-23-16-9-7-15(8-10-16)19(21)20-11-13-24-18-6-4-5-17(14-18)22-2/h4-10,14H,3,11-13H2,1-2H3,(H,20,21). The van der Waals surface area contributed by atoms with Gasteiger partial charge in [-0.15, -0.1) is 0 Å². The molecule has 1 N–H and O–H groups in total. The average molecular weight is 329 g/mol. The zero-order valence-corrected chi connectivity index (χ0v) is 14.1. The highest BCUT2D eigenvalue weighted by molar-refractivity contribution is 5.94. The van der Waals surface area contributed by atoms with Crippen molar-refractivity contribution < 1.29 is 19.0 Å². The number of rotatable bonds is 9. The molecule has 0 bridgehead atoms. The van der Waals surface area contributed by atoms with Gasteiger partial charge in [0.2, 0.25) is 0 Å². The second-order valence-corrected chi connectivity index (χ2v) is 5.16. The van der Waals surface area contributed by atoms with E-state index in [1.54, 1.807) is 37.4 Å². The molecule has 24 heavy (non-hydrogen) atoms. The van der Waals surface area contributed by atoms with Crippen LogP contribution in [-0.4, -0.2) is 32.8 Å². The summed E-state index contributed by atoms with van der Waals surface area (Å²) in [6.07, 6.45) is 0.954. The highest BCUT2D eigenvalue weighted by Crippen LogP contribution is 2.18. The minimum absolute atomic E-state index is 0.133. The van der Waals surface area contributed by atoms with E-state index >= 15 is 0 Å². The Bertz CT molecular complexity index is 640. The first-order valence-electron chi connectivity index (χ1n) is 8.01. The predicted molar refractivity (Wildman–Crippen MR) is 93.1 cm³/mol. The van der Waals surface area contributed by atoms with Crippen molar-refractivity contribution in [2.24, 2.45) is 0 Å². The molecule has 128 valence electrons. The maximum atomic E-state index is 12.1. The van der Waals surface area contributed by atoms with E-state index in [4.69, 9.17) is 14.2 Å². The Morgan fingerprint density at radius 1 is 0.958 bits per heavy atom. The van der Waals surface area contributed by atoms with Gasteiger partial charge in [-0.1, -0.05) is 13.0 Å². The number of carbonyl (C=O) groups is 1. The molecule has 0 spiro atoms. The van der Waals surface area contributed by atoms with Gasteiger partial charge in [0.25, 0.3) is 5.91 Å². The van der Waals surface area contributed by atoms with Crippen molar-refractivity contribution in [3.05, 3.63) is 54.1 Å². The lowest BCUT2D eigenvalue weighted by Gasteiger charge is -2.09. The summed E-state index contributed by atoms with van der Waals surface area (Å²) in [5.74, 6) is 2.09. The molecule has 0 heterocycles. The minimum Gasteiger partial charge on any atom is -0.497 e. The molecule has 0 aliphatic heterocycles. The van der Waals surface area contributed by atoms with Crippen LogP contribution in [0.15, 0.2) is 48.5 Å². The van der Waals surface area contributed by atoms with E-state index in [9.17, 15) is 4.79 Å². The highest BCUT2D eigenvalue weighted by Gasteiger charge is 2.05. The number of benzene rings is 2. The van der Waals surface area contributed by atoms with Gasteiger partial charge in [0.15, 0.2) is 0 Å². The fourth-order valence-electron chi connectivity index (χ4n) is 2.05. The largest absolute Gasteiger partial charge is 0.497 e. The third-order valence-electron chi connectivity index (χ3n) is 3.29. The zero-order valence-electron chi connectivity index (χ0n) is 14.1. The molecule has 0 aliphatic rings. The van der Waals surface area contributed by atoms with Gasteiger partial charge in [0.05, 0.1) is 20.3 Å². The van der Waals surface area contributed by atoms with Crippen molar-refractivity contribution in [1.82, 2.24) is 5.32 Å². The van der Waals surface area contributed by atoms with Crippen LogP contribution >= 0.6 is 0 Å². The average Bonchev–Trinajstić information content (AvgIpc) is 2.64. The van der Waals surface area contributed by atoms with E-state index in [1.807, 2.05) is 18.2 Å². The number of nitrogens with one attached hydrogen (secondary N) is 1.